The highest BCUT2D eigenvalue weighted by Gasteiger charge is 2.19. The molecule has 28 heavy (non-hydrogen) atoms. The molecule has 0 aliphatic rings. The van der Waals surface area contributed by atoms with Gasteiger partial charge in [-0.1, -0.05) is 34.8 Å². The molecule has 0 fully saturated rings. The average Bonchev–Trinajstić information content (AvgIpc) is 3.06. The van der Waals surface area contributed by atoms with E-state index >= 15 is 0 Å². The highest BCUT2D eigenvalue weighted by Crippen LogP contribution is 2.29. The fourth-order valence-electron chi connectivity index (χ4n) is 2.37. The number of thiophene rings is 1. The van der Waals surface area contributed by atoms with Gasteiger partial charge in [0.25, 0.3) is 11.8 Å². The number of hydrogen-bond donors (Lipinski definition) is 3. The smallest absolute Gasteiger partial charge is 0.267 e. The third kappa shape index (κ3) is 4.84. The molecule has 5 nitrogen and oxygen atoms in total. The van der Waals surface area contributed by atoms with E-state index in [1.54, 1.807) is 30.3 Å². The lowest BCUT2D eigenvalue weighted by Gasteiger charge is -2.12. The predicted molar refractivity (Wildman–Crippen MR) is 114 cm³/mol. The summed E-state index contributed by atoms with van der Waals surface area (Å²) in [5, 5.41) is 15.7. The second-order valence-corrected chi connectivity index (χ2v) is 8.07. The van der Waals surface area contributed by atoms with Crippen LogP contribution in [0.5, 0.6) is 0 Å². The molecule has 0 radical (unpaired) electrons. The Kier molecular flexibility index (Phi) is 6.59. The van der Waals surface area contributed by atoms with E-state index in [-0.39, 0.29) is 27.8 Å². The molecule has 0 unspecified atom stereocenters. The Morgan fingerprint density at radius 1 is 0.893 bits per heavy atom. The lowest BCUT2D eigenvalue weighted by Crippen LogP contribution is -2.18. The number of aliphatic hydroxyl groups is 1. The van der Waals surface area contributed by atoms with Crippen LogP contribution in [0.1, 0.15) is 24.9 Å². The van der Waals surface area contributed by atoms with E-state index < -0.39 is 11.8 Å². The summed E-state index contributed by atoms with van der Waals surface area (Å²) in [4.78, 5) is 26.1. The maximum atomic E-state index is 12.7. The van der Waals surface area contributed by atoms with Crippen LogP contribution >= 0.6 is 46.1 Å². The van der Waals surface area contributed by atoms with Gasteiger partial charge < -0.3 is 15.7 Å². The molecule has 144 valence electrons. The van der Waals surface area contributed by atoms with Gasteiger partial charge in [0.05, 0.1) is 22.9 Å². The zero-order valence-corrected chi connectivity index (χ0v) is 17.2. The van der Waals surface area contributed by atoms with Gasteiger partial charge in [0.2, 0.25) is 0 Å². The molecule has 2 amide bonds. The largest absolute Gasteiger partial charge is 0.391 e. The first-order valence-corrected chi connectivity index (χ1v) is 9.89. The highest BCUT2D eigenvalue weighted by molar-refractivity contribution is 7.14. The molecule has 1 aromatic heterocycles. The minimum atomic E-state index is -0.488. The van der Waals surface area contributed by atoms with Gasteiger partial charge in [0, 0.05) is 20.6 Å². The first-order valence-electron chi connectivity index (χ1n) is 7.94. The van der Waals surface area contributed by atoms with E-state index in [0.29, 0.717) is 20.6 Å². The lowest BCUT2D eigenvalue weighted by atomic mass is 10.1. The second kappa shape index (κ2) is 8.94. The van der Waals surface area contributed by atoms with Crippen molar-refractivity contribution in [2.45, 2.75) is 6.61 Å². The standard InChI is InChI=1S/C19H13Cl3N2O3S/c20-10-1-4-12(5-2-10)23-18(26)14-7-11(21)3-6-16(14)24-19(27)17-15(22)8-13(9-25)28-17/h1-8,25H,9H2,(H,23,26)(H,24,27). The van der Waals surface area contributed by atoms with E-state index in [9.17, 15) is 14.7 Å². The zero-order chi connectivity index (χ0) is 20.3. The van der Waals surface area contributed by atoms with Crippen molar-refractivity contribution in [3.05, 3.63) is 78.9 Å². The minimum absolute atomic E-state index is 0.186. The molecule has 0 aliphatic heterocycles. The third-order valence-electron chi connectivity index (χ3n) is 3.68. The number of carbonyl (C=O) groups excluding carboxylic acids is 2. The molecule has 0 saturated heterocycles. The van der Waals surface area contributed by atoms with Gasteiger partial charge in [0.1, 0.15) is 4.88 Å². The van der Waals surface area contributed by atoms with Crippen molar-refractivity contribution in [1.82, 2.24) is 0 Å². The topological polar surface area (TPSA) is 78.4 Å². The van der Waals surface area contributed by atoms with Crippen LogP contribution in [0.15, 0.2) is 48.5 Å². The van der Waals surface area contributed by atoms with Gasteiger partial charge in [-0.2, -0.15) is 0 Å². The van der Waals surface area contributed by atoms with Crippen molar-refractivity contribution in [1.29, 1.82) is 0 Å². The Hall–Kier alpha value is -2.09. The second-order valence-electron chi connectivity index (χ2n) is 5.65. The van der Waals surface area contributed by atoms with Crippen LogP contribution in [0.2, 0.25) is 15.1 Å². The molecule has 0 saturated carbocycles. The molecular formula is C19H13Cl3N2O3S. The van der Waals surface area contributed by atoms with Crippen molar-refractivity contribution in [3.63, 3.8) is 0 Å². The third-order valence-corrected chi connectivity index (χ3v) is 5.69. The van der Waals surface area contributed by atoms with Crippen molar-refractivity contribution in [2.24, 2.45) is 0 Å². The molecule has 9 heteroatoms. The van der Waals surface area contributed by atoms with Crippen LogP contribution in [0.3, 0.4) is 0 Å². The molecule has 3 aromatic rings. The lowest BCUT2D eigenvalue weighted by molar-refractivity contribution is 0.102. The normalized spacial score (nSPS) is 10.6. The Morgan fingerprint density at radius 2 is 1.57 bits per heavy atom. The van der Waals surface area contributed by atoms with Crippen LogP contribution in [0, 0.1) is 0 Å². The Balaban J connectivity index is 1.85. The van der Waals surface area contributed by atoms with E-state index in [0.717, 1.165) is 11.3 Å². The van der Waals surface area contributed by atoms with Gasteiger partial charge in [-0.15, -0.1) is 11.3 Å². The van der Waals surface area contributed by atoms with E-state index in [1.165, 1.54) is 18.2 Å². The van der Waals surface area contributed by atoms with Crippen molar-refractivity contribution < 1.29 is 14.7 Å². The summed E-state index contributed by atoms with van der Waals surface area (Å²) < 4.78 is 0. The molecule has 3 N–H and O–H groups in total. The van der Waals surface area contributed by atoms with Gasteiger partial charge in [-0.05, 0) is 48.5 Å². The first-order chi connectivity index (χ1) is 13.4. The molecular weight excluding hydrogens is 443 g/mol. The number of amides is 2. The average molecular weight is 456 g/mol. The summed E-state index contributed by atoms with van der Waals surface area (Å²) >= 11 is 19.0. The van der Waals surface area contributed by atoms with Crippen LogP contribution in [-0.2, 0) is 6.61 Å². The summed E-state index contributed by atoms with van der Waals surface area (Å²) in [6, 6.07) is 12.7. The summed E-state index contributed by atoms with van der Waals surface area (Å²) in [5.74, 6) is -0.939. The van der Waals surface area contributed by atoms with Gasteiger partial charge >= 0.3 is 0 Å². The van der Waals surface area contributed by atoms with Gasteiger partial charge in [-0.25, -0.2) is 0 Å². The zero-order valence-electron chi connectivity index (χ0n) is 14.1. The number of carbonyl (C=O) groups is 2. The van der Waals surface area contributed by atoms with E-state index in [1.807, 2.05) is 0 Å². The SMILES string of the molecule is O=C(Nc1ccc(Cl)cc1)c1cc(Cl)ccc1NC(=O)c1sc(CO)cc1Cl. The van der Waals surface area contributed by atoms with Gasteiger partial charge in [0.15, 0.2) is 0 Å². The molecule has 2 aromatic carbocycles. The van der Waals surface area contributed by atoms with Crippen molar-refractivity contribution >= 4 is 69.3 Å². The van der Waals surface area contributed by atoms with Crippen LogP contribution < -0.4 is 10.6 Å². The highest BCUT2D eigenvalue weighted by atomic mass is 35.5. The molecule has 0 aliphatic carbocycles. The number of halogens is 3. The summed E-state index contributed by atoms with van der Waals surface area (Å²) in [6.45, 7) is -0.215. The number of hydrogen-bond acceptors (Lipinski definition) is 4. The van der Waals surface area contributed by atoms with Crippen LogP contribution in [-0.4, -0.2) is 16.9 Å². The Bertz CT molecular complexity index is 1040. The number of benzene rings is 2. The predicted octanol–water partition coefficient (Wildman–Crippen LogP) is 5.71. The van der Waals surface area contributed by atoms with E-state index in [4.69, 9.17) is 34.8 Å². The van der Waals surface area contributed by atoms with Crippen molar-refractivity contribution in [3.8, 4) is 0 Å². The number of aliphatic hydroxyl groups excluding tert-OH is 1. The molecule has 3 rings (SSSR count). The van der Waals surface area contributed by atoms with Crippen LogP contribution in [0.25, 0.3) is 0 Å². The number of rotatable bonds is 5. The maximum Gasteiger partial charge on any atom is 0.267 e. The molecule has 0 spiro atoms. The molecule has 0 bridgehead atoms. The Morgan fingerprint density at radius 3 is 2.21 bits per heavy atom. The fraction of sp³-hybridized carbons (Fsp3) is 0.0526. The summed E-state index contributed by atoms with van der Waals surface area (Å²) in [6.07, 6.45) is 0. The summed E-state index contributed by atoms with van der Waals surface area (Å²) in [5.41, 5.74) is 1.00. The Labute approximate surface area is 179 Å². The van der Waals surface area contributed by atoms with Crippen LogP contribution in [0.4, 0.5) is 11.4 Å². The fourth-order valence-corrected chi connectivity index (χ4v) is 3.87. The minimum Gasteiger partial charge on any atom is -0.391 e. The van der Waals surface area contributed by atoms with E-state index in [2.05, 4.69) is 10.6 Å². The number of nitrogens with one attached hydrogen (secondary N) is 2. The maximum absolute atomic E-state index is 12.7. The summed E-state index contributed by atoms with van der Waals surface area (Å²) in [7, 11) is 0. The van der Waals surface area contributed by atoms with Crippen molar-refractivity contribution in [2.75, 3.05) is 10.6 Å². The molecule has 0 atom stereocenters. The quantitative estimate of drug-likeness (QED) is 0.461. The number of anilines is 2. The first kappa shape index (κ1) is 20.6. The monoisotopic (exact) mass is 454 g/mol. The van der Waals surface area contributed by atoms with Gasteiger partial charge in [-0.3, -0.25) is 9.59 Å². The molecule has 1 heterocycles.